The quantitative estimate of drug-likeness (QED) is 0.726. The fourth-order valence-electron chi connectivity index (χ4n) is 1.94. The minimum absolute atomic E-state index is 0.394. The second kappa shape index (κ2) is 5.60. The lowest BCUT2D eigenvalue weighted by Crippen LogP contribution is -2.31. The molecule has 0 amide bonds. The Morgan fingerprint density at radius 1 is 1.56 bits per heavy atom. The third kappa shape index (κ3) is 3.42. The van der Waals surface area contributed by atoms with Gasteiger partial charge in [0.05, 0.1) is 6.54 Å². The maximum absolute atomic E-state index is 11.7. The lowest BCUT2D eigenvalue weighted by atomic mass is 10.2. The number of nitrogens with zero attached hydrogens (tertiary/aromatic N) is 1. The Morgan fingerprint density at radius 2 is 2.38 bits per heavy atom. The molecular weight excluding hydrogens is 218 g/mol. The molecule has 1 aromatic rings. The molecule has 0 N–H and O–H groups in total. The van der Waals surface area contributed by atoms with Gasteiger partial charge < -0.3 is 0 Å². The highest BCUT2D eigenvalue weighted by Gasteiger charge is 2.30. The van der Waals surface area contributed by atoms with E-state index in [0.29, 0.717) is 18.4 Å². The summed E-state index contributed by atoms with van der Waals surface area (Å²) in [4.78, 5) is 15.4. The number of thiophene rings is 1. The second-order valence-corrected chi connectivity index (χ2v) is 5.54. The molecule has 0 saturated heterocycles. The van der Waals surface area contributed by atoms with Crippen LogP contribution in [0.15, 0.2) is 17.5 Å². The summed E-state index contributed by atoms with van der Waals surface area (Å²) < 4.78 is 0. The smallest absolute Gasteiger partial charge is 0.146 e. The van der Waals surface area contributed by atoms with E-state index in [2.05, 4.69) is 29.3 Å². The Labute approximate surface area is 101 Å². The Bertz CT molecular complexity index is 330. The van der Waals surface area contributed by atoms with Gasteiger partial charge in [0, 0.05) is 23.9 Å². The fourth-order valence-corrected chi connectivity index (χ4v) is 2.67. The molecule has 0 unspecified atom stereocenters. The Morgan fingerprint density at radius 3 is 2.94 bits per heavy atom. The van der Waals surface area contributed by atoms with Crippen molar-refractivity contribution in [2.75, 3.05) is 6.54 Å². The molecule has 2 nitrogen and oxygen atoms in total. The molecule has 1 saturated carbocycles. The summed E-state index contributed by atoms with van der Waals surface area (Å²) in [5.41, 5.74) is 0. The van der Waals surface area contributed by atoms with E-state index in [4.69, 9.17) is 0 Å². The Hall–Kier alpha value is -0.670. The van der Waals surface area contributed by atoms with Crippen molar-refractivity contribution in [2.24, 2.45) is 0 Å². The molecule has 3 heteroatoms. The molecule has 0 atom stereocenters. The third-order valence-corrected chi connectivity index (χ3v) is 3.77. The first-order valence-corrected chi connectivity index (χ1v) is 6.95. The van der Waals surface area contributed by atoms with Crippen LogP contribution in [0.3, 0.4) is 0 Å². The molecule has 1 aliphatic carbocycles. The van der Waals surface area contributed by atoms with Crippen LogP contribution in [0.2, 0.25) is 0 Å². The van der Waals surface area contributed by atoms with Gasteiger partial charge in [0.25, 0.3) is 0 Å². The van der Waals surface area contributed by atoms with Crippen molar-refractivity contribution in [3.63, 3.8) is 0 Å². The van der Waals surface area contributed by atoms with Crippen LogP contribution in [-0.2, 0) is 11.3 Å². The second-order valence-electron chi connectivity index (χ2n) is 4.50. The average molecular weight is 237 g/mol. The standard InChI is InChI=1S/C13H19NOS/c1-2-4-12(15)9-14(11-6-7-11)10-13-5-3-8-16-13/h3,5,8,11H,2,4,6-7,9-10H2,1H3. The number of carbonyl (C=O) groups is 1. The minimum Gasteiger partial charge on any atom is -0.298 e. The topological polar surface area (TPSA) is 20.3 Å². The Kier molecular flexibility index (Phi) is 4.13. The summed E-state index contributed by atoms with van der Waals surface area (Å²) in [7, 11) is 0. The van der Waals surface area contributed by atoms with Crippen LogP contribution in [0.5, 0.6) is 0 Å². The van der Waals surface area contributed by atoms with E-state index in [1.807, 2.05) is 0 Å². The molecule has 1 aromatic heterocycles. The van der Waals surface area contributed by atoms with Crippen LogP contribution < -0.4 is 0 Å². The van der Waals surface area contributed by atoms with Crippen molar-refractivity contribution >= 4 is 17.1 Å². The van der Waals surface area contributed by atoms with Gasteiger partial charge in [-0.2, -0.15) is 0 Å². The van der Waals surface area contributed by atoms with Gasteiger partial charge in [-0.05, 0) is 30.7 Å². The number of Topliss-reactive ketones (excluding diaryl/α,β-unsaturated/α-hetero) is 1. The number of hydrogen-bond donors (Lipinski definition) is 0. The van der Waals surface area contributed by atoms with E-state index in [9.17, 15) is 4.79 Å². The van der Waals surface area contributed by atoms with E-state index in [1.54, 1.807) is 11.3 Å². The summed E-state index contributed by atoms with van der Waals surface area (Å²) in [6.07, 6.45) is 4.24. The van der Waals surface area contributed by atoms with Gasteiger partial charge in [-0.25, -0.2) is 0 Å². The van der Waals surface area contributed by atoms with Crippen LogP contribution in [0, 0.1) is 0 Å². The largest absolute Gasteiger partial charge is 0.298 e. The summed E-state index contributed by atoms with van der Waals surface area (Å²) in [5, 5.41) is 2.11. The van der Waals surface area contributed by atoms with Crippen LogP contribution in [-0.4, -0.2) is 23.3 Å². The fraction of sp³-hybridized carbons (Fsp3) is 0.615. The molecule has 1 fully saturated rings. The highest BCUT2D eigenvalue weighted by molar-refractivity contribution is 7.09. The monoisotopic (exact) mass is 237 g/mol. The first-order valence-electron chi connectivity index (χ1n) is 6.07. The van der Waals surface area contributed by atoms with Crippen molar-refractivity contribution in [3.05, 3.63) is 22.4 Å². The van der Waals surface area contributed by atoms with E-state index in [1.165, 1.54) is 17.7 Å². The van der Waals surface area contributed by atoms with Gasteiger partial charge in [0.1, 0.15) is 5.78 Å². The van der Waals surface area contributed by atoms with Gasteiger partial charge in [-0.1, -0.05) is 13.0 Å². The van der Waals surface area contributed by atoms with E-state index in [0.717, 1.165) is 19.4 Å². The molecule has 0 bridgehead atoms. The van der Waals surface area contributed by atoms with Crippen molar-refractivity contribution in [2.45, 2.75) is 45.2 Å². The lowest BCUT2D eigenvalue weighted by molar-refractivity contribution is -0.120. The molecular formula is C13H19NOS. The van der Waals surface area contributed by atoms with Crippen LogP contribution in [0.1, 0.15) is 37.5 Å². The summed E-state index contributed by atoms with van der Waals surface area (Å²) >= 11 is 1.78. The normalized spacial score (nSPS) is 15.6. The summed E-state index contributed by atoms with van der Waals surface area (Å²) in [6, 6.07) is 4.91. The molecule has 2 rings (SSSR count). The van der Waals surface area contributed by atoms with Crippen molar-refractivity contribution in [1.82, 2.24) is 4.90 Å². The summed E-state index contributed by atoms with van der Waals surface area (Å²) in [6.45, 7) is 3.67. The zero-order chi connectivity index (χ0) is 11.4. The van der Waals surface area contributed by atoms with Crippen molar-refractivity contribution in [1.29, 1.82) is 0 Å². The molecule has 1 heterocycles. The minimum atomic E-state index is 0.394. The van der Waals surface area contributed by atoms with E-state index < -0.39 is 0 Å². The zero-order valence-electron chi connectivity index (χ0n) is 9.82. The van der Waals surface area contributed by atoms with Gasteiger partial charge in [0.2, 0.25) is 0 Å². The van der Waals surface area contributed by atoms with Gasteiger partial charge in [-0.15, -0.1) is 11.3 Å². The van der Waals surface area contributed by atoms with E-state index >= 15 is 0 Å². The first kappa shape index (κ1) is 11.8. The highest BCUT2D eigenvalue weighted by atomic mass is 32.1. The molecule has 16 heavy (non-hydrogen) atoms. The lowest BCUT2D eigenvalue weighted by Gasteiger charge is -2.20. The average Bonchev–Trinajstić information content (AvgIpc) is 2.98. The number of rotatable bonds is 7. The van der Waals surface area contributed by atoms with Crippen LogP contribution >= 0.6 is 11.3 Å². The van der Waals surface area contributed by atoms with Gasteiger partial charge >= 0.3 is 0 Å². The number of hydrogen-bond acceptors (Lipinski definition) is 3. The van der Waals surface area contributed by atoms with Crippen LogP contribution in [0.25, 0.3) is 0 Å². The molecule has 0 spiro atoms. The van der Waals surface area contributed by atoms with Gasteiger partial charge in [0.15, 0.2) is 0 Å². The number of ketones is 1. The highest BCUT2D eigenvalue weighted by Crippen LogP contribution is 2.29. The maximum atomic E-state index is 11.7. The third-order valence-electron chi connectivity index (χ3n) is 2.91. The molecule has 88 valence electrons. The van der Waals surface area contributed by atoms with Crippen molar-refractivity contribution < 1.29 is 4.79 Å². The predicted octanol–water partition coefficient (Wildman–Crippen LogP) is 3.08. The Balaban J connectivity index is 1.87. The summed E-state index contributed by atoms with van der Waals surface area (Å²) in [5.74, 6) is 0.394. The molecule has 1 aliphatic rings. The maximum Gasteiger partial charge on any atom is 0.146 e. The first-order chi connectivity index (χ1) is 7.79. The zero-order valence-corrected chi connectivity index (χ0v) is 10.6. The van der Waals surface area contributed by atoms with Crippen LogP contribution in [0.4, 0.5) is 0 Å². The number of carbonyl (C=O) groups excluding carboxylic acids is 1. The SMILES string of the molecule is CCCC(=O)CN(Cc1cccs1)C1CC1. The van der Waals surface area contributed by atoms with E-state index in [-0.39, 0.29) is 0 Å². The molecule has 0 aromatic carbocycles. The predicted molar refractivity (Wildman–Crippen MR) is 67.7 cm³/mol. The van der Waals surface area contributed by atoms with Crippen molar-refractivity contribution in [3.8, 4) is 0 Å². The molecule has 0 radical (unpaired) electrons. The van der Waals surface area contributed by atoms with Gasteiger partial charge in [-0.3, -0.25) is 9.69 Å². The molecule has 0 aliphatic heterocycles.